The van der Waals surface area contributed by atoms with E-state index in [1.807, 2.05) is 0 Å². The maximum atomic E-state index is 12.0. The molecule has 1 aliphatic heterocycles. The first-order chi connectivity index (χ1) is 11.1. The summed E-state index contributed by atoms with van der Waals surface area (Å²) in [6.07, 6.45) is 1.17. The van der Waals surface area contributed by atoms with E-state index in [-0.39, 0.29) is 37.9 Å². The Labute approximate surface area is 132 Å². The van der Waals surface area contributed by atoms with Gasteiger partial charge in [0.15, 0.2) is 0 Å². The summed E-state index contributed by atoms with van der Waals surface area (Å²) >= 11 is 0. The number of carbonyl (C=O) groups is 3. The lowest BCUT2D eigenvalue weighted by Crippen LogP contribution is -2.34. The molecule has 8 heteroatoms. The van der Waals surface area contributed by atoms with Gasteiger partial charge in [-0.1, -0.05) is 0 Å². The molecule has 3 amide bonds. The number of rotatable bonds is 7. The predicted molar refractivity (Wildman–Crippen MR) is 81.4 cm³/mol. The summed E-state index contributed by atoms with van der Waals surface area (Å²) in [6.45, 7) is -0.317. The number of anilines is 1. The summed E-state index contributed by atoms with van der Waals surface area (Å²) in [5, 5.41) is 22.8. The van der Waals surface area contributed by atoms with Crippen molar-refractivity contribution in [1.29, 1.82) is 0 Å². The van der Waals surface area contributed by atoms with Crippen LogP contribution in [0.25, 0.3) is 0 Å². The van der Waals surface area contributed by atoms with Crippen molar-refractivity contribution in [2.24, 2.45) is 0 Å². The first-order valence-corrected chi connectivity index (χ1v) is 7.01. The van der Waals surface area contributed by atoms with Crippen LogP contribution < -0.4 is 10.6 Å². The largest absolute Gasteiger partial charge is 0.395 e. The van der Waals surface area contributed by atoms with Crippen LogP contribution in [0.4, 0.5) is 5.69 Å². The van der Waals surface area contributed by atoms with Gasteiger partial charge in [0, 0.05) is 23.9 Å². The Kier molecular flexibility index (Phi) is 5.45. The number of carbonyl (C=O) groups excluding carboxylic acids is 3. The van der Waals surface area contributed by atoms with Gasteiger partial charge in [0.25, 0.3) is 17.7 Å². The summed E-state index contributed by atoms with van der Waals surface area (Å²) in [5.74, 6) is -1.30. The van der Waals surface area contributed by atoms with Crippen LogP contribution in [0.3, 0.4) is 0 Å². The first-order valence-electron chi connectivity index (χ1n) is 7.01. The number of nitrogens with one attached hydrogen (secondary N) is 2. The Morgan fingerprint density at radius 1 is 1.09 bits per heavy atom. The third-order valence-corrected chi connectivity index (χ3v) is 3.16. The van der Waals surface area contributed by atoms with Gasteiger partial charge in [0.1, 0.15) is 5.70 Å². The second-order valence-corrected chi connectivity index (χ2v) is 4.76. The van der Waals surface area contributed by atoms with Gasteiger partial charge >= 0.3 is 0 Å². The number of amides is 3. The minimum absolute atomic E-state index is 0.0523. The fourth-order valence-corrected chi connectivity index (χ4v) is 2.04. The molecule has 0 saturated carbocycles. The van der Waals surface area contributed by atoms with Gasteiger partial charge in [-0.25, -0.2) is 0 Å². The van der Waals surface area contributed by atoms with Crippen LogP contribution in [-0.2, 0) is 9.59 Å². The number of aliphatic hydroxyl groups is 2. The quantitative estimate of drug-likeness (QED) is 0.482. The maximum absolute atomic E-state index is 12.0. The molecule has 0 saturated heterocycles. The summed E-state index contributed by atoms with van der Waals surface area (Å²) in [5.41, 5.74) is 1.07. The van der Waals surface area contributed by atoms with E-state index in [1.54, 1.807) is 24.3 Å². The smallest absolute Gasteiger partial charge is 0.277 e. The van der Waals surface area contributed by atoms with E-state index in [4.69, 9.17) is 10.2 Å². The average molecular weight is 319 g/mol. The van der Waals surface area contributed by atoms with E-state index in [0.29, 0.717) is 11.3 Å². The number of β-amino-alcohol motifs (C(OH)–C–C–N with tert-alkyl or cyclic N) is 1. The van der Waals surface area contributed by atoms with Crippen LogP contribution in [0.1, 0.15) is 10.4 Å². The van der Waals surface area contributed by atoms with Crippen LogP contribution in [0.15, 0.2) is 36.0 Å². The van der Waals surface area contributed by atoms with E-state index >= 15 is 0 Å². The summed E-state index contributed by atoms with van der Waals surface area (Å²) in [7, 11) is 0. The maximum Gasteiger partial charge on any atom is 0.277 e. The Morgan fingerprint density at radius 2 is 1.78 bits per heavy atom. The molecular formula is C15H17N3O5. The number of imide groups is 1. The topological polar surface area (TPSA) is 119 Å². The van der Waals surface area contributed by atoms with Crippen molar-refractivity contribution >= 4 is 23.4 Å². The molecule has 0 fully saturated rings. The summed E-state index contributed by atoms with van der Waals surface area (Å²) in [4.78, 5) is 36.2. The van der Waals surface area contributed by atoms with Gasteiger partial charge in [0.05, 0.1) is 19.8 Å². The molecule has 1 heterocycles. The third-order valence-electron chi connectivity index (χ3n) is 3.16. The lowest BCUT2D eigenvalue weighted by molar-refractivity contribution is -0.137. The molecule has 4 N–H and O–H groups in total. The lowest BCUT2D eigenvalue weighted by atomic mass is 10.2. The van der Waals surface area contributed by atoms with E-state index in [0.717, 1.165) is 4.90 Å². The molecule has 0 radical (unpaired) electrons. The van der Waals surface area contributed by atoms with Gasteiger partial charge in [-0.3, -0.25) is 19.3 Å². The number of hydrogen-bond donors (Lipinski definition) is 4. The SMILES string of the molecule is O=C(NCCO)c1ccc(NC2=CC(=O)N(CCO)C2=O)cc1. The zero-order valence-electron chi connectivity index (χ0n) is 12.3. The molecule has 0 bridgehead atoms. The molecule has 8 nitrogen and oxygen atoms in total. The van der Waals surface area contributed by atoms with Crippen molar-refractivity contribution in [3.63, 3.8) is 0 Å². The molecule has 0 unspecified atom stereocenters. The molecule has 0 atom stereocenters. The highest BCUT2D eigenvalue weighted by Gasteiger charge is 2.30. The minimum Gasteiger partial charge on any atom is -0.395 e. The third kappa shape index (κ3) is 3.93. The molecule has 0 aromatic heterocycles. The van der Waals surface area contributed by atoms with Crippen LogP contribution in [0.2, 0.25) is 0 Å². The molecule has 1 aromatic carbocycles. The van der Waals surface area contributed by atoms with Crippen molar-refractivity contribution in [2.75, 3.05) is 31.6 Å². The molecule has 0 spiro atoms. The number of aliphatic hydroxyl groups excluding tert-OH is 2. The van der Waals surface area contributed by atoms with Crippen LogP contribution >= 0.6 is 0 Å². The molecule has 1 aliphatic rings. The van der Waals surface area contributed by atoms with Crippen molar-refractivity contribution in [1.82, 2.24) is 10.2 Å². The summed E-state index contributed by atoms with van der Waals surface area (Å²) in [6, 6.07) is 6.31. The number of benzene rings is 1. The van der Waals surface area contributed by atoms with E-state index in [1.165, 1.54) is 6.08 Å². The molecule has 122 valence electrons. The van der Waals surface area contributed by atoms with Crippen LogP contribution in [0, 0.1) is 0 Å². The normalized spacial score (nSPS) is 14.0. The van der Waals surface area contributed by atoms with Crippen molar-refractivity contribution in [3.8, 4) is 0 Å². The molecule has 23 heavy (non-hydrogen) atoms. The number of nitrogens with zero attached hydrogens (tertiary/aromatic N) is 1. The van der Waals surface area contributed by atoms with E-state index in [9.17, 15) is 14.4 Å². The molecule has 2 rings (SSSR count). The molecule has 0 aliphatic carbocycles. The fourth-order valence-electron chi connectivity index (χ4n) is 2.04. The van der Waals surface area contributed by atoms with Crippen molar-refractivity contribution < 1.29 is 24.6 Å². The Morgan fingerprint density at radius 3 is 2.39 bits per heavy atom. The summed E-state index contributed by atoms with van der Waals surface area (Å²) < 4.78 is 0. The van der Waals surface area contributed by atoms with Gasteiger partial charge in [-0.2, -0.15) is 0 Å². The monoisotopic (exact) mass is 319 g/mol. The van der Waals surface area contributed by atoms with E-state index in [2.05, 4.69) is 10.6 Å². The zero-order valence-corrected chi connectivity index (χ0v) is 12.3. The highest BCUT2D eigenvalue weighted by atomic mass is 16.3. The van der Waals surface area contributed by atoms with Gasteiger partial charge in [0.2, 0.25) is 0 Å². The van der Waals surface area contributed by atoms with Crippen LogP contribution in [-0.4, -0.2) is 59.1 Å². The Hall–Kier alpha value is -2.71. The number of hydrogen-bond acceptors (Lipinski definition) is 6. The predicted octanol–water partition coefficient (Wildman–Crippen LogP) is -0.934. The van der Waals surface area contributed by atoms with E-state index < -0.39 is 11.8 Å². The molecule has 1 aromatic rings. The Balaban J connectivity index is 2.02. The lowest BCUT2D eigenvalue weighted by Gasteiger charge is -2.13. The average Bonchev–Trinajstić information content (AvgIpc) is 2.81. The second kappa shape index (κ2) is 7.52. The van der Waals surface area contributed by atoms with Gasteiger partial charge < -0.3 is 20.8 Å². The first kappa shape index (κ1) is 16.7. The van der Waals surface area contributed by atoms with Gasteiger partial charge in [-0.15, -0.1) is 0 Å². The standard InChI is InChI=1S/C15H17N3O5/c19-7-5-16-14(22)10-1-3-11(4-2-10)17-12-9-13(21)18(6-8-20)15(12)23/h1-4,9,17,19-20H,5-8H2,(H,16,22). The fraction of sp³-hybridized carbons (Fsp3) is 0.267. The van der Waals surface area contributed by atoms with Crippen molar-refractivity contribution in [2.45, 2.75) is 0 Å². The Bertz CT molecular complexity index is 639. The molecular weight excluding hydrogens is 302 g/mol. The van der Waals surface area contributed by atoms with Crippen LogP contribution in [0.5, 0.6) is 0 Å². The minimum atomic E-state index is -0.506. The zero-order chi connectivity index (χ0) is 16.8. The highest BCUT2D eigenvalue weighted by Crippen LogP contribution is 2.17. The highest BCUT2D eigenvalue weighted by molar-refractivity contribution is 6.17. The van der Waals surface area contributed by atoms with Gasteiger partial charge in [-0.05, 0) is 24.3 Å². The second-order valence-electron chi connectivity index (χ2n) is 4.76. The van der Waals surface area contributed by atoms with Crippen molar-refractivity contribution in [3.05, 3.63) is 41.6 Å².